The number of benzene rings is 1. The number of rotatable bonds is 2. The minimum absolute atomic E-state index is 0.0681. The summed E-state index contributed by atoms with van der Waals surface area (Å²) in [5.41, 5.74) is 5.60. The molecule has 1 aliphatic heterocycles. The van der Waals surface area contributed by atoms with Gasteiger partial charge in [-0.1, -0.05) is 22.0 Å². The normalized spacial score (nSPS) is 21.6. The predicted octanol–water partition coefficient (Wildman–Crippen LogP) is 3.39. The van der Waals surface area contributed by atoms with Crippen LogP contribution in [0.3, 0.4) is 0 Å². The monoisotopic (exact) mass is 336 g/mol. The zero-order valence-electron chi connectivity index (χ0n) is 10.4. The molecule has 1 heterocycles. The molecule has 0 aliphatic carbocycles. The van der Waals surface area contributed by atoms with Crippen LogP contribution in [0.4, 0.5) is 13.2 Å². The third kappa shape index (κ3) is 3.94. The second kappa shape index (κ2) is 5.81. The quantitative estimate of drug-likeness (QED) is 0.896. The van der Waals surface area contributed by atoms with E-state index in [4.69, 9.17) is 5.73 Å². The minimum atomic E-state index is -4.32. The number of nitrogens with two attached hydrogens (primary N) is 1. The molecule has 1 atom stereocenters. The average Bonchev–Trinajstić information content (AvgIpc) is 2.30. The van der Waals surface area contributed by atoms with Crippen LogP contribution in [0.1, 0.15) is 24.0 Å². The van der Waals surface area contributed by atoms with Crippen LogP contribution in [0, 0.1) is 0 Å². The number of hydrogen-bond acceptors (Lipinski definition) is 2. The molecular formula is C13H16BrF3N2. The number of halogens is 4. The molecular weight excluding hydrogens is 321 g/mol. The molecule has 2 rings (SSSR count). The Balaban J connectivity index is 2.20. The fraction of sp³-hybridized carbons (Fsp3) is 0.538. The maximum absolute atomic E-state index is 13.0. The van der Waals surface area contributed by atoms with Crippen molar-refractivity contribution in [2.75, 3.05) is 13.1 Å². The summed E-state index contributed by atoms with van der Waals surface area (Å²) < 4.78 is 39.4. The molecule has 2 nitrogen and oxygen atoms in total. The Morgan fingerprint density at radius 1 is 1.37 bits per heavy atom. The molecule has 1 unspecified atom stereocenters. The SMILES string of the molecule is NC1CCCN(Cc2ccc(Br)cc2C(F)(F)F)C1. The molecule has 0 amide bonds. The van der Waals surface area contributed by atoms with Crippen LogP contribution >= 0.6 is 15.9 Å². The molecule has 1 saturated heterocycles. The summed E-state index contributed by atoms with van der Waals surface area (Å²) in [4.78, 5) is 1.99. The van der Waals surface area contributed by atoms with Gasteiger partial charge in [-0.15, -0.1) is 0 Å². The van der Waals surface area contributed by atoms with E-state index >= 15 is 0 Å². The van der Waals surface area contributed by atoms with E-state index in [1.54, 1.807) is 6.07 Å². The summed E-state index contributed by atoms with van der Waals surface area (Å²) in [5.74, 6) is 0. The Labute approximate surface area is 118 Å². The van der Waals surface area contributed by atoms with Crippen molar-refractivity contribution in [3.63, 3.8) is 0 Å². The summed E-state index contributed by atoms with van der Waals surface area (Å²) in [6.07, 6.45) is -2.43. The first-order valence-electron chi connectivity index (χ1n) is 6.20. The summed E-state index contributed by atoms with van der Waals surface area (Å²) in [7, 11) is 0. The topological polar surface area (TPSA) is 29.3 Å². The molecule has 1 aliphatic rings. The Bertz CT molecular complexity index is 448. The lowest BCUT2D eigenvalue weighted by Crippen LogP contribution is -2.42. The first-order valence-corrected chi connectivity index (χ1v) is 6.99. The molecule has 106 valence electrons. The molecule has 0 bridgehead atoms. The molecule has 0 aromatic heterocycles. The molecule has 6 heteroatoms. The largest absolute Gasteiger partial charge is 0.416 e. The highest BCUT2D eigenvalue weighted by Crippen LogP contribution is 2.34. The fourth-order valence-electron chi connectivity index (χ4n) is 2.43. The van der Waals surface area contributed by atoms with Crippen LogP contribution in [0.25, 0.3) is 0 Å². The lowest BCUT2D eigenvalue weighted by atomic mass is 10.0. The van der Waals surface area contributed by atoms with E-state index in [9.17, 15) is 13.2 Å². The van der Waals surface area contributed by atoms with Gasteiger partial charge in [0.2, 0.25) is 0 Å². The van der Waals surface area contributed by atoms with E-state index < -0.39 is 11.7 Å². The van der Waals surface area contributed by atoms with Gasteiger partial charge in [-0.05, 0) is 37.1 Å². The standard InChI is InChI=1S/C13H16BrF3N2/c14-10-4-3-9(12(6-10)13(15,16)17)7-19-5-1-2-11(18)8-19/h3-4,6,11H,1-2,5,7-8,18H2. The molecule has 19 heavy (non-hydrogen) atoms. The van der Waals surface area contributed by atoms with E-state index in [1.165, 1.54) is 6.07 Å². The Kier molecular flexibility index (Phi) is 4.53. The van der Waals surface area contributed by atoms with Crippen LogP contribution in [-0.4, -0.2) is 24.0 Å². The zero-order valence-corrected chi connectivity index (χ0v) is 12.0. The first-order chi connectivity index (χ1) is 8.86. The highest BCUT2D eigenvalue weighted by molar-refractivity contribution is 9.10. The molecule has 0 radical (unpaired) electrons. The lowest BCUT2D eigenvalue weighted by molar-refractivity contribution is -0.138. The van der Waals surface area contributed by atoms with Crippen LogP contribution in [0.5, 0.6) is 0 Å². The Hall–Kier alpha value is -0.590. The van der Waals surface area contributed by atoms with Crippen molar-refractivity contribution in [3.05, 3.63) is 33.8 Å². The van der Waals surface area contributed by atoms with Gasteiger partial charge in [0.1, 0.15) is 0 Å². The minimum Gasteiger partial charge on any atom is -0.327 e. The highest BCUT2D eigenvalue weighted by Gasteiger charge is 2.34. The van der Waals surface area contributed by atoms with Gasteiger partial charge >= 0.3 is 6.18 Å². The van der Waals surface area contributed by atoms with Crippen molar-refractivity contribution in [3.8, 4) is 0 Å². The number of hydrogen-bond donors (Lipinski definition) is 1. The van der Waals surface area contributed by atoms with Gasteiger partial charge in [0.15, 0.2) is 0 Å². The molecule has 0 saturated carbocycles. The van der Waals surface area contributed by atoms with Gasteiger partial charge < -0.3 is 5.73 Å². The molecule has 1 fully saturated rings. The van der Waals surface area contributed by atoms with Crippen LogP contribution in [0.15, 0.2) is 22.7 Å². The van der Waals surface area contributed by atoms with Crippen LogP contribution < -0.4 is 5.73 Å². The molecule has 2 N–H and O–H groups in total. The number of piperidine rings is 1. The Morgan fingerprint density at radius 2 is 2.11 bits per heavy atom. The van der Waals surface area contributed by atoms with E-state index in [0.717, 1.165) is 25.5 Å². The van der Waals surface area contributed by atoms with Gasteiger partial charge in [0, 0.05) is 23.6 Å². The fourth-order valence-corrected chi connectivity index (χ4v) is 2.79. The number of alkyl halides is 3. The van der Waals surface area contributed by atoms with E-state index in [2.05, 4.69) is 15.9 Å². The summed E-state index contributed by atoms with van der Waals surface area (Å²) in [6.45, 7) is 1.77. The zero-order chi connectivity index (χ0) is 14.0. The molecule has 1 aromatic rings. The van der Waals surface area contributed by atoms with Gasteiger partial charge in [0.25, 0.3) is 0 Å². The molecule has 1 aromatic carbocycles. The second-order valence-electron chi connectivity index (χ2n) is 4.94. The van der Waals surface area contributed by atoms with Crippen LogP contribution in [-0.2, 0) is 12.7 Å². The summed E-state index contributed by atoms with van der Waals surface area (Å²) in [5, 5.41) is 0. The second-order valence-corrected chi connectivity index (χ2v) is 5.85. The number of likely N-dealkylation sites (tertiary alicyclic amines) is 1. The van der Waals surface area contributed by atoms with Gasteiger partial charge in [-0.3, -0.25) is 4.90 Å². The van der Waals surface area contributed by atoms with Crippen molar-refractivity contribution < 1.29 is 13.2 Å². The van der Waals surface area contributed by atoms with Gasteiger partial charge in [-0.25, -0.2) is 0 Å². The predicted molar refractivity (Wildman–Crippen MR) is 71.6 cm³/mol. The van der Waals surface area contributed by atoms with E-state index in [1.807, 2.05) is 4.90 Å². The summed E-state index contributed by atoms with van der Waals surface area (Å²) >= 11 is 3.09. The van der Waals surface area contributed by atoms with E-state index in [0.29, 0.717) is 23.1 Å². The summed E-state index contributed by atoms with van der Waals surface area (Å²) in [6, 6.07) is 4.39. The maximum Gasteiger partial charge on any atom is 0.416 e. The average molecular weight is 337 g/mol. The highest BCUT2D eigenvalue weighted by atomic mass is 79.9. The molecule has 0 spiro atoms. The van der Waals surface area contributed by atoms with Crippen molar-refractivity contribution in [1.29, 1.82) is 0 Å². The first kappa shape index (κ1) is 14.8. The third-order valence-corrected chi connectivity index (χ3v) is 3.81. The maximum atomic E-state index is 13.0. The van der Waals surface area contributed by atoms with Gasteiger partial charge in [-0.2, -0.15) is 13.2 Å². The van der Waals surface area contributed by atoms with Crippen molar-refractivity contribution >= 4 is 15.9 Å². The van der Waals surface area contributed by atoms with E-state index in [-0.39, 0.29) is 6.04 Å². The van der Waals surface area contributed by atoms with Gasteiger partial charge in [0.05, 0.1) is 5.56 Å². The van der Waals surface area contributed by atoms with Crippen molar-refractivity contribution in [1.82, 2.24) is 4.90 Å². The van der Waals surface area contributed by atoms with Crippen molar-refractivity contribution in [2.45, 2.75) is 31.6 Å². The smallest absolute Gasteiger partial charge is 0.327 e. The Morgan fingerprint density at radius 3 is 2.74 bits per heavy atom. The van der Waals surface area contributed by atoms with Crippen LogP contribution in [0.2, 0.25) is 0 Å². The third-order valence-electron chi connectivity index (χ3n) is 3.31. The number of nitrogens with zero attached hydrogens (tertiary/aromatic N) is 1. The lowest BCUT2D eigenvalue weighted by Gasteiger charge is -2.31. The van der Waals surface area contributed by atoms with Crippen molar-refractivity contribution in [2.24, 2.45) is 5.73 Å².